The molecule has 0 radical (unpaired) electrons. The predicted molar refractivity (Wildman–Crippen MR) is 197 cm³/mol. The van der Waals surface area contributed by atoms with Gasteiger partial charge in [-0.3, -0.25) is 0 Å². The van der Waals surface area contributed by atoms with Crippen molar-refractivity contribution in [2.24, 2.45) is 0 Å². The zero-order valence-electron chi connectivity index (χ0n) is 25.5. The Morgan fingerprint density at radius 2 is 1.00 bits per heavy atom. The second kappa shape index (κ2) is 10.7. The van der Waals surface area contributed by atoms with Gasteiger partial charge >= 0.3 is 0 Å². The van der Waals surface area contributed by atoms with E-state index < -0.39 is 0 Å². The molecule has 0 atom stereocenters. The van der Waals surface area contributed by atoms with E-state index in [9.17, 15) is 0 Å². The highest BCUT2D eigenvalue weighted by molar-refractivity contribution is 7.26. The van der Waals surface area contributed by atoms with Crippen molar-refractivity contribution in [1.82, 2.24) is 19.9 Å². The van der Waals surface area contributed by atoms with Crippen LogP contribution in [0.1, 0.15) is 0 Å². The molecule has 0 aliphatic heterocycles. The summed E-state index contributed by atoms with van der Waals surface area (Å²) >= 11 is 1.79. The number of hydrogen-bond donors (Lipinski definition) is 0. The summed E-state index contributed by atoms with van der Waals surface area (Å²) in [6.07, 6.45) is 7.62. The number of thiophene rings is 1. The fourth-order valence-electron chi connectivity index (χ4n) is 6.68. The zero-order valence-corrected chi connectivity index (χ0v) is 26.3. The van der Waals surface area contributed by atoms with Crippen LogP contribution in [0.15, 0.2) is 151 Å². The Balaban J connectivity index is 0.935. The number of furan rings is 1. The fraction of sp³-hybridized carbons (Fsp3) is 0. The van der Waals surface area contributed by atoms with Crippen molar-refractivity contribution in [2.45, 2.75) is 0 Å². The fourth-order valence-corrected chi connectivity index (χ4v) is 7.90. The molecule has 0 aliphatic rings. The van der Waals surface area contributed by atoms with E-state index in [1.165, 1.54) is 20.2 Å². The largest absolute Gasteiger partial charge is 0.455 e. The summed E-state index contributed by atoms with van der Waals surface area (Å²) in [4.78, 5) is 19.1. The van der Waals surface area contributed by atoms with Gasteiger partial charge in [0.2, 0.25) is 0 Å². The van der Waals surface area contributed by atoms with Crippen LogP contribution in [0.3, 0.4) is 0 Å². The molecule has 224 valence electrons. The monoisotopic (exact) mass is 632 g/mol. The Hall–Kier alpha value is -6.24. The highest BCUT2D eigenvalue weighted by Gasteiger charge is 2.15. The number of nitrogens with zero attached hydrogens (tertiary/aromatic N) is 4. The van der Waals surface area contributed by atoms with E-state index in [4.69, 9.17) is 24.4 Å². The van der Waals surface area contributed by atoms with Crippen molar-refractivity contribution < 1.29 is 4.42 Å². The maximum Gasteiger partial charge on any atom is 0.162 e. The molecular formula is C42H24N4OS. The van der Waals surface area contributed by atoms with Crippen molar-refractivity contribution in [3.05, 3.63) is 146 Å². The molecule has 0 fully saturated rings. The van der Waals surface area contributed by atoms with Gasteiger partial charge in [-0.1, -0.05) is 84.9 Å². The molecule has 0 unspecified atom stereocenters. The smallest absolute Gasteiger partial charge is 0.162 e. The van der Waals surface area contributed by atoms with Crippen LogP contribution in [-0.2, 0) is 0 Å². The minimum Gasteiger partial charge on any atom is -0.455 e. The molecule has 6 aromatic carbocycles. The van der Waals surface area contributed by atoms with Gasteiger partial charge in [0.1, 0.15) is 11.2 Å². The minimum atomic E-state index is 0.641. The molecule has 10 aromatic rings. The third-order valence-corrected chi connectivity index (χ3v) is 10.3. The summed E-state index contributed by atoms with van der Waals surface area (Å²) in [5, 5.41) is 6.97. The van der Waals surface area contributed by atoms with Gasteiger partial charge in [0.05, 0.1) is 5.56 Å². The van der Waals surface area contributed by atoms with Crippen molar-refractivity contribution in [1.29, 1.82) is 0 Å². The van der Waals surface area contributed by atoms with Crippen molar-refractivity contribution >= 4 is 64.2 Å². The Labute approximate surface area is 278 Å². The number of hydrogen-bond acceptors (Lipinski definition) is 6. The Kier molecular flexibility index (Phi) is 5.98. The van der Waals surface area contributed by atoms with E-state index in [2.05, 4.69) is 91.0 Å². The molecule has 4 aromatic heterocycles. The molecule has 6 heteroatoms. The van der Waals surface area contributed by atoms with Crippen LogP contribution < -0.4 is 0 Å². The van der Waals surface area contributed by atoms with Crippen LogP contribution >= 0.6 is 11.3 Å². The first kappa shape index (κ1) is 26.9. The minimum absolute atomic E-state index is 0.641. The molecule has 5 nitrogen and oxygen atoms in total. The molecular weight excluding hydrogens is 609 g/mol. The number of para-hydroxylation sites is 2. The van der Waals surface area contributed by atoms with E-state index in [0.717, 1.165) is 71.9 Å². The van der Waals surface area contributed by atoms with Crippen LogP contribution in [0.2, 0.25) is 0 Å². The third kappa shape index (κ3) is 4.31. The summed E-state index contributed by atoms with van der Waals surface area (Å²) in [5.74, 6) is 1.38. The predicted octanol–water partition coefficient (Wildman–Crippen LogP) is 11.4. The first-order valence-electron chi connectivity index (χ1n) is 15.8. The van der Waals surface area contributed by atoms with E-state index in [1.54, 1.807) is 11.3 Å². The average Bonchev–Trinajstić information content (AvgIpc) is 3.73. The van der Waals surface area contributed by atoms with Crippen LogP contribution in [0.5, 0.6) is 0 Å². The maximum atomic E-state index is 6.21. The molecule has 0 spiro atoms. The van der Waals surface area contributed by atoms with Gasteiger partial charge in [0.25, 0.3) is 0 Å². The lowest BCUT2D eigenvalue weighted by Crippen LogP contribution is -1.91. The number of fused-ring (bicyclic) bond motifs is 7. The average molecular weight is 633 g/mol. The molecule has 0 amide bonds. The molecule has 0 saturated carbocycles. The Morgan fingerprint density at radius 3 is 1.71 bits per heavy atom. The first-order valence-corrected chi connectivity index (χ1v) is 16.6. The summed E-state index contributed by atoms with van der Waals surface area (Å²) in [6, 6.07) is 42.0. The van der Waals surface area contributed by atoms with Crippen molar-refractivity contribution in [3.8, 4) is 45.0 Å². The molecule has 48 heavy (non-hydrogen) atoms. The zero-order chi connectivity index (χ0) is 31.6. The molecule has 0 bridgehead atoms. The molecule has 4 heterocycles. The lowest BCUT2D eigenvalue weighted by molar-refractivity contribution is 0.669. The first-order chi connectivity index (χ1) is 23.8. The lowest BCUT2D eigenvalue weighted by atomic mass is 9.99. The van der Waals surface area contributed by atoms with E-state index >= 15 is 0 Å². The van der Waals surface area contributed by atoms with Gasteiger partial charge in [0.15, 0.2) is 11.6 Å². The summed E-state index contributed by atoms with van der Waals surface area (Å²) in [7, 11) is 0. The quantitative estimate of drug-likeness (QED) is 0.193. The van der Waals surface area contributed by atoms with Crippen LogP contribution in [0, 0.1) is 0 Å². The number of benzene rings is 6. The molecule has 10 rings (SSSR count). The normalized spacial score (nSPS) is 11.8. The van der Waals surface area contributed by atoms with E-state index in [-0.39, 0.29) is 0 Å². The van der Waals surface area contributed by atoms with Gasteiger partial charge < -0.3 is 4.42 Å². The second-order valence-electron chi connectivity index (χ2n) is 11.9. The molecule has 0 aliphatic carbocycles. The number of rotatable bonds is 4. The lowest BCUT2D eigenvalue weighted by Gasteiger charge is -2.08. The Morgan fingerprint density at radius 1 is 0.438 bits per heavy atom. The van der Waals surface area contributed by atoms with Gasteiger partial charge in [-0.15, -0.1) is 11.3 Å². The highest BCUT2D eigenvalue weighted by Crippen LogP contribution is 2.39. The maximum absolute atomic E-state index is 6.21. The molecule has 0 N–H and O–H groups in total. The van der Waals surface area contributed by atoms with Crippen molar-refractivity contribution in [2.75, 3.05) is 0 Å². The van der Waals surface area contributed by atoms with E-state index in [0.29, 0.717) is 5.82 Å². The number of aromatic nitrogens is 4. The molecule has 0 saturated heterocycles. The van der Waals surface area contributed by atoms with Crippen molar-refractivity contribution in [3.63, 3.8) is 0 Å². The standard InChI is InChI=1S/C42H24N4OS/c1-3-13-37-31(7-1)33-9-5-11-35(39(33)47-37)41-43-21-29(22-44-41)27-17-15-26-20-28(18-16-25(26)19-27)30-23-45-42(46-24-30)36-12-6-10-34-32-8-2-4-14-38(32)48-40(34)36/h1-24H. The van der Waals surface area contributed by atoms with E-state index in [1.807, 2.05) is 55.1 Å². The topological polar surface area (TPSA) is 64.7 Å². The van der Waals surface area contributed by atoms with Crippen LogP contribution in [-0.4, -0.2) is 19.9 Å². The van der Waals surface area contributed by atoms with Gasteiger partial charge in [0, 0.05) is 72.4 Å². The second-order valence-corrected chi connectivity index (χ2v) is 13.0. The Bertz CT molecular complexity index is 2640. The third-order valence-electron chi connectivity index (χ3n) is 9.10. The van der Waals surface area contributed by atoms with Gasteiger partial charge in [-0.25, -0.2) is 19.9 Å². The summed E-state index contributed by atoms with van der Waals surface area (Å²) in [5.41, 5.74) is 7.70. The van der Waals surface area contributed by atoms with Gasteiger partial charge in [-0.2, -0.15) is 0 Å². The summed E-state index contributed by atoms with van der Waals surface area (Å²) in [6.45, 7) is 0. The highest BCUT2D eigenvalue weighted by atomic mass is 32.1. The van der Waals surface area contributed by atoms with Crippen LogP contribution in [0.25, 0.3) is 97.9 Å². The van der Waals surface area contributed by atoms with Crippen LogP contribution in [0.4, 0.5) is 0 Å². The van der Waals surface area contributed by atoms with Gasteiger partial charge in [-0.05, 0) is 58.3 Å². The summed E-state index contributed by atoms with van der Waals surface area (Å²) < 4.78 is 8.70. The SMILES string of the molecule is c1ccc2c(c1)oc1c(-c3ncc(-c4ccc5cc(-c6cnc(-c7cccc8c7sc7ccccc78)nc6)ccc5c4)cn3)cccc12.